The van der Waals surface area contributed by atoms with Crippen molar-refractivity contribution < 1.29 is 14.4 Å². The molecule has 0 amide bonds. The van der Waals surface area contributed by atoms with Crippen LogP contribution in [0.2, 0.25) is 0 Å². The molecule has 3 heterocycles. The lowest BCUT2D eigenvalue weighted by Crippen LogP contribution is -2.46. The van der Waals surface area contributed by atoms with Crippen molar-refractivity contribution in [2.75, 3.05) is 0 Å². The van der Waals surface area contributed by atoms with E-state index >= 15 is 0 Å². The van der Waals surface area contributed by atoms with Crippen LogP contribution in [0.1, 0.15) is 13.3 Å². The highest BCUT2D eigenvalue weighted by Gasteiger charge is 2.68. The highest BCUT2D eigenvalue weighted by atomic mass is 79.9. The fourth-order valence-electron chi connectivity index (χ4n) is 2.39. The Kier molecular flexibility index (Phi) is 1.31. The van der Waals surface area contributed by atoms with Crippen LogP contribution < -0.4 is 0 Å². The van der Waals surface area contributed by atoms with Gasteiger partial charge in [-0.1, -0.05) is 5.16 Å². The van der Waals surface area contributed by atoms with Crippen molar-refractivity contribution in [3.8, 4) is 0 Å². The first-order valence-electron chi connectivity index (χ1n) is 4.22. The SMILES string of the molecule is CC1=NO[C@]2(Br)[C@@H]3O[C@@H](CC3=O)[C@H]12. The first-order valence-corrected chi connectivity index (χ1v) is 5.02. The number of alkyl halides is 1. The maximum atomic E-state index is 11.4. The maximum absolute atomic E-state index is 11.4. The van der Waals surface area contributed by atoms with E-state index in [9.17, 15) is 4.79 Å². The van der Waals surface area contributed by atoms with E-state index < -0.39 is 10.6 Å². The number of oxime groups is 1. The molecule has 2 bridgehead atoms. The van der Waals surface area contributed by atoms with Gasteiger partial charge in [-0.15, -0.1) is 0 Å². The van der Waals surface area contributed by atoms with Crippen molar-refractivity contribution in [2.45, 2.75) is 30.1 Å². The summed E-state index contributed by atoms with van der Waals surface area (Å²) in [6, 6.07) is 0. The van der Waals surface area contributed by atoms with Gasteiger partial charge in [-0.05, 0) is 22.9 Å². The van der Waals surface area contributed by atoms with Crippen molar-refractivity contribution >= 4 is 27.4 Å². The summed E-state index contributed by atoms with van der Waals surface area (Å²) in [5.74, 6) is 0.221. The van der Waals surface area contributed by atoms with E-state index in [4.69, 9.17) is 9.57 Å². The molecule has 0 spiro atoms. The molecule has 0 unspecified atom stereocenters. The number of hydrogen-bond donors (Lipinski definition) is 0. The molecule has 3 aliphatic heterocycles. The second kappa shape index (κ2) is 2.15. The van der Waals surface area contributed by atoms with Crippen LogP contribution in [0, 0.1) is 5.92 Å². The molecule has 0 radical (unpaired) electrons. The number of ketones is 1. The van der Waals surface area contributed by atoms with E-state index in [2.05, 4.69) is 21.1 Å². The Balaban J connectivity index is 2.07. The largest absolute Gasteiger partial charge is 0.374 e. The van der Waals surface area contributed by atoms with Crippen molar-refractivity contribution in [3.63, 3.8) is 0 Å². The third kappa shape index (κ3) is 0.753. The Labute approximate surface area is 83.4 Å². The van der Waals surface area contributed by atoms with Crippen molar-refractivity contribution in [3.05, 3.63) is 0 Å². The topological polar surface area (TPSA) is 47.9 Å². The van der Waals surface area contributed by atoms with Gasteiger partial charge in [0.1, 0.15) is 0 Å². The highest BCUT2D eigenvalue weighted by Crippen LogP contribution is 2.53. The third-order valence-corrected chi connectivity index (χ3v) is 3.99. The summed E-state index contributed by atoms with van der Waals surface area (Å²) in [5, 5.41) is 3.91. The van der Waals surface area contributed by atoms with Crippen molar-refractivity contribution in [1.82, 2.24) is 0 Å². The highest BCUT2D eigenvalue weighted by molar-refractivity contribution is 9.10. The quantitative estimate of drug-likeness (QED) is 0.595. The van der Waals surface area contributed by atoms with Gasteiger partial charge in [0.15, 0.2) is 11.9 Å². The minimum absolute atomic E-state index is 0.0388. The fourth-order valence-corrected chi connectivity index (χ4v) is 3.45. The van der Waals surface area contributed by atoms with Crippen LogP contribution in [0.25, 0.3) is 0 Å². The standard InChI is InChI=1S/C8H8BrNO3/c1-3-6-5-2-4(11)7(12-5)8(6,9)13-10-3/h5-7H,2H2,1H3/t5-,6-,7+,8-/m0/s1. The minimum atomic E-state index is -0.697. The molecule has 3 aliphatic rings. The molecule has 0 aromatic carbocycles. The molecular weight excluding hydrogens is 238 g/mol. The number of carbonyl (C=O) groups is 1. The molecule has 13 heavy (non-hydrogen) atoms. The van der Waals surface area contributed by atoms with Crippen molar-refractivity contribution in [2.24, 2.45) is 11.1 Å². The van der Waals surface area contributed by atoms with Gasteiger partial charge < -0.3 is 9.57 Å². The Bertz CT molecular complexity index is 329. The summed E-state index contributed by atoms with van der Waals surface area (Å²) in [7, 11) is 0. The number of Topliss-reactive ketones (excluding diaryl/α,β-unsaturated/α-hetero) is 1. The number of ether oxygens (including phenoxy) is 1. The minimum Gasteiger partial charge on any atom is -0.374 e. The molecule has 70 valence electrons. The van der Waals surface area contributed by atoms with Crippen LogP contribution in [-0.2, 0) is 14.4 Å². The number of rotatable bonds is 0. The average molecular weight is 246 g/mol. The van der Waals surface area contributed by atoms with Gasteiger partial charge in [-0.2, -0.15) is 0 Å². The van der Waals surface area contributed by atoms with Gasteiger partial charge >= 0.3 is 0 Å². The van der Waals surface area contributed by atoms with E-state index in [1.165, 1.54) is 0 Å². The molecule has 3 rings (SSSR count). The lowest BCUT2D eigenvalue weighted by Gasteiger charge is -2.26. The Morgan fingerprint density at radius 2 is 2.46 bits per heavy atom. The second-order valence-electron chi connectivity index (χ2n) is 3.72. The predicted octanol–water partition coefficient (Wildman–Crippen LogP) is 0.840. The Hall–Kier alpha value is -0.420. The van der Waals surface area contributed by atoms with Crippen molar-refractivity contribution in [1.29, 1.82) is 0 Å². The smallest absolute Gasteiger partial charge is 0.234 e. The molecule has 4 atom stereocenters. The number of carbonyl (C=O) groups excluding carboxylic acids is 1. The summed E-state index contributed by atoms with van der Waals surface area (Å²) in [6.45, 7) is 1.90. The average Bonchev–Trinajstić information content (AvgIpc) is 2.62. The van der Waals surface area contributed by atoms with E-state index in [1.807, 2.05) is 6.92 Å². The van der Waals surface area contributed by atoms with Crippen LogP contribution in [0.4, 0.5) is 0 Å². The molecule has 5 heteroatoms. The monoisotopic (exact) mass is 245 g/mol. The molecule has 0 N–H and O–H groups in total. The number of nitrogens with zero attached hydrogens (tertiary/aromatic N) is 1. The van der Waals surface area contributed by atoms with E-state index in [0.717, 1.165) is 5.71 Å². The van der Waals surface area contributed by atoms with Gasteiger partial charge in [0.05, 0.1) is 17.7 Å². The summed E-state index contributed by atoms with van der Waals surface area (Å²) in [6.07, 6.45) is -0.00866. The molecule has 0 aliphatic carbocycles. The molecule has 0 aromatic heterocycles. The van der Waals surface area contributed by atoms with E-state index in [0.29, 0.717) is 6.42 Å². The van der Waals surface area contributed by atoms with Crippen LogP contribution in [0.3, 0.4) is 0 Å². The number of fused-ring (bicyclic) bond motifs is 5. The maximum Gasteiger partial charge on any atom is 0.234 e. The van der Waals surface area contributed by atoms with Crippen LogP contribution in [0.5, 0.6) is 0 Å². The molecule has 2 saturated heterocycles. The van der Waals surface area contributed by atoms with Gasteiger partial charge in [0.2, 0.25) is 4.51 Å². The van der Waals surface area contributed by atoms with Crippen LogP contribution in [-0.4, -0.2) is 28.2 Å². The lowest BCUT2D eigenvalue weighted by atomic mass is 9.83. The third-order valence-electron chi connectivity index (χ3n) is 2.94. The number of halogens is 1. The summed E-state index contributed by atoms with van der Waals surface area (Å²) in [4.78, 5) is 16.6. The van der Waals surface area contributed by atoms with Crippen LogP contribution in [0.15, 0.2) is 5.16 Å². The normalized spacial score (nSPS) is 52.0. The van der Waals surface area contributed by atoms with Gasteiger partial charge in [0, 0.05) is 6.42 Å². The van der Waals surface area contributed by atoms with E-state index in [-0.39, 0.29) is 17.8 Å². The van der Waals surface area contributed by atoms with Crippen LogP contribution >= 0.6 is 15.9 Å². The fraction of sp³-hybridized carbons (Fsp3) is 0.750. The van der Waals surface area contributed by atoms with Gasteiger partial charge in [0.25, 0.3) is 0 Å². The first kappa shape index (κ1) is 7.94. The summed E-state index contributed by atoms with van der Waals surface area (Å²) >= 11 is 3.43. The zero-order valence-corrected chi connectivity index (χ0v) is 8.58. The second-order valence-corrected chi connectivity index (χ2v) is 4.96. The predicted molar refractivity (Wildman–Crippen MR) is 47.6 cm³/mol. The molecular formula is C8H8BrNO3. The molecule has 4 nitrogen and oxygen atoms in total. The number of hydrogen-bond acceptors (Lipinski definition) is 4. The van der Waals surface area contributed by atoms with E-state index in [1.54, 1.807) is 0 Å². The Morgan fingerprint density at radius 3 is 3.23 bits per heavy atom. The zero-order valence-electron chi connectivity index (χ0n) is 6.99. The molecule has 0 saturated carbocycles. The van der Waals surface area contributed by atoms with Gasteiger partial charge in [-0.25, -0.2) is 0 Å². The summed E-state index contributed by atoms with van der Waals surface area (Å²) < 4.78 is 4.83. The molecule has 0 aromatic rings. The first-order chi connectivity index (χ1) is 6.13. The lowest BCUT2D eigenvalue weighted by molar-refractivity contribution is -0.128. The zero-order chi connectivity index (χ0) is 9.22. The van der Waals surface area contributed by atoms with Gasteiger partial charge in [-0.3, -0.25) is 4.79 Å². The molecule has 2 fully saturated rings. The Morgan fingerprint density at radius 1 is 1.69 bits per heavy atom. The summed E-state index contributed by atoms with van der Waals surface area (Å²) in [5.41, 5.74) is 0.914.